The highest BCUT2D eigenvalue weighted by Gasteiger charge is 2.08. The van der Waals surface area contributed by atoms with Gasteiger partial charge in [-0.25, -0.2) is 0 Å². The average molecular weight is 198 g/mol. The van der Waals surface area contributed by atoms with Crippen LogP contribution in [0.3, 0.4) is 0 Å². The third-order valence-electron chi connectivity index (χ3n) is 2.57. The molecule has 0 aromatic carbocycles. The Morgan fingerprint density at radius 1 is 1.21 bits per heavy atom. The molecule has 0 aromatic rings. The van der Waals surface area contributed by atoms with Crippen molar-refractivity contribution in [1.82, 2.24) is 0 Å². The van der Waals surface area contributed by atoms with Crippen molar-refractivity contribution in [1.29, 1.82) is 0 Å². The molecule has 0 saturated carbocycles. The number of hydrogen-bond acceptors (Lipinski definition) is 1. The highest BCUT2D eigenvalue weighted by atomic mass is 16.3. The summed E-state index contributed by atoms with van der Waals surface area (Å²) in [5.74, 6) is 1.45. The molecular formula is C13H26O. The van der Waals surface area contributed by atoms with E-state index in [-0.39, 0.29) is 0 Å². The molecule has 0 rings (SSSR count). The molecule has 84 valence electrons. The van der Waals surface area contributed by atoms with E-state index < -0.39 is 0 Å². The molecule has 1 N–H and O–H groups in total. The molecule has 1 nitrogen and oxygen atoms in total. The molecule has 1 unspecified atom stereocenters. The normalized spacial score (nSPS) is 13.2. The summed E-state index contributed by atoms with van der Waals surface area (Å²) in [6, 6.07) is 0. The second kappa shape index (κ2) is 8.05. The molecule has 0 aliphatic heterocycles. The Morgan fingerprint density at radius 3 is 2.29 bits per heavy atom. The predicted octanol–water partition coefficient (Wildman–Crippen LogP) is 3.78. The summed E-state index contributed by atoms with van der Waals surface area (Å²) in [6.07, 6.45) is 5.85. The van der Waals surface area contributed by atoms with Gasteiger partial charge in [0.15, 0.2) is 0 Å². The van der Waals surface area contributed by atoms with Gasteiger partial charge in [0.1, 0.15) is 0 Å². The van der Waals surface area contributed by atoms with E-state index in [1.54, 1.807) is 0 Å². The molecule has 0 aromatic heterocycles. The molecule has 0 fully saturated rings. The van der Waals surface area contributed by atoms with Crippen LogP contribution >= 0.6 is 0 Å². The molecule has 0 bridgehead atoms. The van der Waals surface area contributed by atoms with Gasteiger partial charge in [-0.05, 0) is 31.6 Å². The lowest BCUT2D eigenvalue weighted by Gasteiger charge is -2.16. The molecule has 0 amide bonds. The molecule has 0 aliphatic carbocycles. The van der Waals surface area contributed by atoms with Crippen LogP contribution < -0.4 is 0 Å². The smallest absolute Gasteiger partial charge is 0.0433 e. The number of aliphatic hydroxyl groups is 1. The second-order valence-electron chi connectivity index (χ2n) is 4.86. The Balaban J connectivity index is 3.67. The fourth-order valence-electron chi connectivity index (χ4n) is 1.84. The van der Waals surface area contributed by atoms with Gasteiger partial charge in [0, 0.05) is 6.61 Å². The SMILES string of the molecule is C=C(C)CC(CCO)CCCC(C)C. The van der Waals surface area contributed by atoms with Crippen molar-refractivity contribution in [3.63, 3.8) is 0 Å². The van der Waals surface area contributed by atoms with E-state index in [0.717, 1.165) is 18.8 Å². The Bertz CT molecular complexity index is 149. The molecule has 0 spiro atoms. The summed E-state index contributed by atoms with van der Waals surface area (Å²) in [7, 11) is 0. The van der Waals surface area contributed by atoms with Gasteiger partial charge in [0.2, 0.25) is 0 Å². The maximum Gasteiger partial charge on any atom is 0.0433 e. The fraction of sp³-hybridized carbons (Fsp3) is 0.846. The van der Waals surface area contributed by atoms with Crippen LogP contribution in [0.25, 0.3) is 0 Å². The summed E-state index contributed by atoms with van der Waals surface area (Å²) in [5.41, 5.74) is 1.24. The van der Waals surface area contributed by atoms with Crippen LogP contribution in [-0.4, -0.2) is 11.7 Å². The minimum atomic E-state index is 0.319. The van der Waals surface area contributed by atoms with Crippen molar-refractivity contribution >= 4 is 0 Å². The van der Waals surface area contributed by atoms with Crippen molar-refractivity contribution in [2.75, 3.05) is 6.61 Å². The van der Waals surface area contributed by atoms with Crippen LogP contribution in [0.15, 0.2) is 12.2 Å². The van der Waals surface area contributed by atoms with Crippen LogP contribution in [-0.2, 0) is 0 Å². The average Bonchev–Trinajstić information content (AvgIpc) is 2.02. The quantitative estimate of drug-likeness (QED) is 0.588. The largest absolute Gasteiger partial charge is 0.396 e. The summed E-state index contributed by atoms with van der Waals surface area (Å²) in [6.45, 7) is 10.9. The van der Waals surface area contributed by atoms with E-state index in [2.05, 4.69) is 27.4 Å². The van der Waals surface area contributed by atoms with Gasteiger partial charge >= 0.3 is 0 Å². The third-order valence-corrected chi connectivity index (χ3v) is 2.57. The van der Waals surface area contributed by atoms with Crippen molar-refractivity contribution < 1.29 is 5.11 Å². The molecular weight excluding hydrogens is 172 g/mol. The molecule has 1 heteroatoms. The zero-order valence-corrected chi connectivity index (χ0v) is 10.1. The van der Waals surface area contributed by atoms with E-state index in [0.29, 0.717) is 12.5 Å². The predicted molar refractivity (Wildman–Crippen MR) is 63.3 cm³/mol. The van der Waals surface area contributed by atoms with Crippen LogP contribution in [0.1, 0.15) is 52.9 Å². The van der Waals surface area contributed by atoms with E-state index >= 15 is 0 Å². The first kappa shape index (κ1) is 13.7. The minimum Gasteiger partial charge on any atom is -0.396 e. The molecule has 1 atom stereocenters. The number of hydrogen-bond donors (Lipinski definition) is 1. The molecule has 0 aliphatic rings. The Labute approximate surface area is 89.2 Å². The minimum absolute atomic E-state index is 0.319. The van der Waals surface area contributed by atoms with Gasteiger partial charge in [-0.1, -0.05) is 38.7 Å². The molecule has 0 radical (unpaired) electrons. The second-order valence-corrected chi connectivity index (χ2v) is 4.86. The summed E-state index contributed by atoms with van der Waals surface area (Å²) < 4.78 is 0. The monoisotopic (exact) mass is 198 g/mol. The van der Waals surface area contributed by atoms with Gasteiger partial charge in [0.25, 0.3) is 0 Å². The van der Waals surface area contributed by atoms with Gasteiger partial charge < -0.3 is 5.11 Å². The van der Waals surface area contributed by atoms with Gasteiger partial charge in [-0.15, -0.1) is 6.58 Å². The van der Waals surface area contributed by atoms with Crippen molar-refractivity contribution in [2.24, 2.45) is 11.8 Å². The van der Waals surface area contributed by atoms with Gasteiger partial charge in [0.05, 0.1) is 0 Å². The number of aliphatic hydroxyl groups excluding tert-OH is 1. The van der Waals surface area contributed by atoms with E-state index in [9.17, 15) is 0 Å². The van der Waals surface area contributed by atoms with Crippen LogP contribution in [0, 0.1) is 11.8 Å². The maximum absolute atomic E-state index is 8.93. The van der Waals surface area contributed by atoms with Crippen molar-refractivity contribution in [3.8, 4) is 0 Å². The zero-order valence-electron chi connectivity index (χ0n) is 10.1. The highest BCUT2D eigenvalue weighted by Crippen LogP contribution is 2.21. The lowest BCUT2D eigenvalue weighted by molar-refractivity contribution is 0.248. The first-order chi connectivity index (χ1) is 6.56. The van der Waals surface area contributed by atoms with Gasteiger partial charge in [-0.2, -0.15) is 0 Å². The van der Waals surface area contributed by atoms with Gasteiger partial charge in [-0.3, -0.25) is 0 Å². The standard InChI is InChI=1S/C13H26O/c1-11(2)6-5-7-13(8-9-14)10-12(3)4/h11,13-14H,3,5-10H2,1-2,4H3. The highest BCUT2D eigenvalue weighted by molar-refractivity contribution is 4.90. The van der Waals surface area contributed by atoms with Crippen LogP contribution in [0.5, 0.6) is 0 Å². The lowest BCUT2D eigenvalue weighted by atomic mass is 9.91. The zero-order chi connectivity index (χ0) is 11.0. The van der Waals surface area contributed by atoms with Crippen molar-refractivity contribution in [3.05, 3.63) is 12.2 Å². The van der Waals surface area contributed by atoms with Crippen molar-refractivity contribution in [2.45, 2.75) is 52.9 Å². The van der Waals surface area contributed by atoms with E-state index in [4.69, 9.17) is 5.11 Å². The maximum atomic E-state index is 8.93. The Kier molecular flexibility index (Phi) is 7.87. The Hall–Kier alpha value is -0.300. The topological polar surface area (TPSA) is 20.2 Å². The molecule has 14 heavy (non-hydrogen) atoms. The number of rotatable bonds is 8. The molecule has 0 saturated heterocycles. The molecule has 0 heterocycles. The first-order valence-corrected chi connectivity index (χ1v) is 5.81. The third kappa shape index (κ3) is 8.31. The summed E-state index contributed by atoms with van der Waals surface area (Å²) in [5, 5.41) is 8.93. The van der Waals surface area contributed by atoms with E-state index in [1.807, 2.05) is 0 Å². The summed E-state index contributed by atoms with van der Waals surface area (Å²) >= 11 is 0. The Morgan fingerprint density at radius 2 is 1.86 bits per heavy atom. The summed E-state index contributed by atoms with van der Waals surface area (Å²) in [4.78, 5) is 0. The number of allylic oxidation sites excluding steroid dienone is 1. The lowest BCUT2D eigenvalue weighted by Crippen LogP contribution is -2.04. The first-order valence-electron chi connectivity index (χ1n) is 5.81. The van der Waals surface area contributed by atoms with E-state index in [1.165, 1.54) is 24.8 Å². The van der Waals surface area contributed by atoms with Crippen LogP contribution in [0.4, 0.5) is 0 Å². The van der Waals surface area contributed by atoms with Crippen LogP contribution in [0.2, 0.25) is 0 Å². The fourth-order valence-corrected chi connectivity index (χ4v) is 1.84.